The second-order valence-corrected chi connectivity index (χ2v) is 8.92. The van der Waals surface area contributed by atoms with E-state index in [1.165, 1.54) is 50.5 Å². The Kier molecular flexibility index (Phi) is 9.31. The van der Waals surface area contributed by atoms with Gasteiger partial charge in [-0.15, -0.1) is 0 Å². The number of unbranched alkanes of at least 4 members (excludes halogenated alkanes) is 1. The lowest BCUT2D eigenvalue weighted by molar-refractivity contribution is -0.0790. The average Bonchev–Trinajstić information content (AvgIpc) is 2.80. The summed E-state index contributed by atoms with van der Waals surface area (Å²) in [6.07, 6.45) is 8.16. The first-order valence-electron chi connectivity index (χ1n) is 11.9. The van der Waals surface area contributed by atoms with Crippen molar-refractivity contribution in [1.29, 1.82) is 0 Å². The fourth-order valence-corrected chi connectivity index (χ4v) is 4.47. The van der Waals surface area contributed by atoms with E-state index in [0.29, 0.717) is 12.0 Å². The zero-order valence-electron chi connectivity index (χ0n) is 19.4. The Labute approximate surface area is 198 Å². The van der Waals surface area contributed by atoms with E-state index in [4.69, 9.17) is 4.74 Å². The number of hydrogen-bond acceptors (Lipinski definition) is 1. The largest absolute Gasteiger partial charge is 0.489 e. The van der Waals surface area contributed by atoms with Gasteiger partial charge < -0.3 is 4.74 Å². The average molecular weight is 479 g/mol. The monoisotopic (exact) mass is 478 g/mol. The molecule has 0 N–H and O–H groups in total. The predicted octanol–water partition coefficient (Wildman–Crippen LogP) is 9.10. The van der Waals surface area contributed by atoms with Crippen LogP contribution in [0.1, 0.15) is 74.5 Å². The van der Waals surface area contributed by atoms with E-state index in [2.05, 4.69) is 31.2 Å². The lowest BCUT2D eigenvalue weighted by Crippen LogP contribution is -2.13. The lowest BCUT2D eigenvalue weighted by Gasteiger charge is -2.28. The fraction of sp³-hybridized carbons (Fsp3) is 0.429. The summed E-state index contributed by atoms with van der Waals surface area (Å²) >= 11 is 0. The number of ether oxygens (including phenoxy) is 1. The van der Waals surface area contributed by atoms with Gasteiger partial charge >= 0.3 is 6.18 Å². The van der Waals surface area contributed by atoms with E-state index in [0.717, 1.165) is 23.6 Å². The highest BCUT2D eigenvalue weighted by Gasteiger charge is 2.23. The van der Waals surface area contributed by atoms with Crippen molar-refractivity contribution in [3.05, 3.63) is 76.9 Å². The molecule has 0 amide bonds. The molecular formula is C28H31F5O. The summed E-state index contributed by atoms with van der Waals surface area (Å²) in [5.74, 6) is -0.816. The molecule has 1 aliphatic carbocycles. The smallest absolute Gasteiger partial charge is 0.409 e. The van der Waals surface area contributed by atoms with Gasteiger partial charge in [-0.1, -0.05) is 56.5 Å². The molecule has 34 heavy (non-hydrogen) atoms. The number of rotatable bonds is 9. The van der Waals surface area contributed by atoms with Crippen LogP contribution in [0.25, 0.3) is 12.2 Å². The molecule has 1 saturated carbocycles. The van der Waals surface area contributed by atoms with Gasteiger partial charge in [-0.3, -0.25) is 0 Å². The molecule has 0 unspecified atom stereocenters. The van der Waals surface area contributed by atoms with Crippen molar-refractivity contribution in [1.82, 2.24) is 0 Å². The van der Waals surface area contributed by atoms with Crippen molar-refractivity contribution in [2.45, 2.75) is 64.0 Å². The Morgan fingerprint density at radius 2 is 1.59 bits per heavy atom. The maximum Gasteiger partial charge on any atom is 0.409 e. The van der Waals surface area contributed by atoms with Gasteiger partial charge in [0.05, 0.1) is 0 Å². The Morgan fingerprint density at radius 1 is 0.941 bits per heavy atom. The number of allylic oxidation sites excluding steroid dienone is 1. The highest BCUT2D eigenvalue weighted by Crippen LogP contribution is 2.37. The van der Waals surface area contributed by atoms with Crippen LogP contribution < -0.4 is 4.74 Å². The molecule has 0 saturated heterocycles. The Balaban J connectivity index is 1.49. The van der Waals surface area contributed by atoms with E-state index >= 15 is 0 Å². The summed E-state index contributed by atoms with van der Waals surface area (Å²) in [5, 5.41) is 0. The number of benzene rings is 2. The van der Waals surface area contributed by atoms with Crippen LogP contribution in [-0.2, 0) is 0 Å². The Morgan fingerprint density at radius 3 is 2.18 bits per heavy atom. The second-order valence-electron chi connectivity index (χ2n) is 8.92. The van der Waals surface area contributed by atoms with Gasteiger partial charge in [0.1, 0.15) is 24.0 Å². The predicted molar refractivity (Wildman–Crippen MR) is 127 cm³/mol. The molecule has 0 radical (unpaired) electrons. The van der Waals surface area contributed by atoms with Crippen molar-refractivity contribution in [3.8, 4) is 5.75 Å². The quantitative estimate of drug-likeness (QED) is 0.327. The zero-order chi connectivity index (χ0) is 24.6. The maximum atomic E-state index is 14.0. The molecule has 1 aliphatic rings. The molecule has 3 rings (SSSR count). The minimum atomic E-state index is -4.65. The molecule has 0 spiro atoms. The van der Waals surface area contributed by atoms with Crippen LogP contribution in [-0.4, -0.2) is 12.8 Å². The molecular weight excluding hydrogens is 447 g/mol. The summed E-state index contributed by atoms with van der Waals surface area (Å²) in [6, 6.07) is 10.2. The third-order valence-corrected chi connectivity index (χ3v) is 6.37. The van der Waals surface area contributed by atoms with Crippen LogP contribution in [0.5, 0.6) is 5.75 Å². The summed E-state index contributed by atoms with van der Waals surface area (Å²) < 4.78 is 70.0. The Hall–Kier alpha value is -2.63. The van der Waals surface area contributed by atoms with Crippen molar-refractivity contribution in [2.75, 3.05) is 6.61 Å². The first-order valence-corrected chi connectivity index (χ1v) is 11.9. The minimum absolute atomic E-state index is 0.0696. The van der Waals surface area contributed by atoms with E-state index in [1.807, 2.05) is 6.08 Å². The molecule has 0 aromatic heterocycles. The number of alkyl halides is 3. The Bertz CT molecular complexity index is 944. The van der Waals surface area contributed by atoms with Gasteiger partial charge in [0, 0.05) is 23.8 Å². The van der Waals surface area contributed by atoms with E-state index in [9.17, 15) is 22.0 Å². The standard InChI is InChI=1S/C28H31F5O/c1-2-3-5-20-7-11-22(12-8-20)23-13-9-21(10-14-23)6-4-17-34-24-18-26(29)25(27(30)19-24)15-16-28(31,32)33/h4,6,9-10,13-16,18-20,22H,2-3,5,7-8,11-12,17H2,1H3/b6-4+,16-15+. The van der Waals surface area contributed by atoms with Crippen LogP contribution in [0, 0.1) is 17.6 Å². The topological polar surface area (TPSA) is 9.23 Å². The molecule has 0 atom stereocenters. The lowest BCUT2D eigenvalue weighted by atomic mass is 9.77. The van der Waals surface area contributed by atoms with Crippen LogP contribution in [0.4, 0.5) is 22.0 Å². The second kappa shape index (κ2) is 12.2. The van der Waals surface area contributed by atoms with Gasteiger partial charge in [0.2, 0.25) is 0 Å². The van der Waals surface area contributed by atoms with Crippen molar-refractivity contribution >= 4 is 12.2 Å². The first-order chi connectivity index (χ1) is 16.2. The van der Waals surface area contributed by atoms with Crippen LogP contribution in [0.3, 0.4) is 0 Å². The van der Waals surface area contributed by atoms with Gasteiger partial charge in [0.25, 0.3) is 0 Å². The molecule has 1 fully saturated rings. The molecule has 1 nitrogen and oxygen atoms in total. The van der Waals surface area contributed by atoms with E-state index in [1.54, 1.807) is 6.08 Å². The summed E-state index contributed by atoms with van der Waals surface area (Å²) in [4.78, 5) is 0. The number of hydrogen-bond donors (Lipinski definition) is 0. The zero-order valence-corrected chi connectivity index (χ0v) is 19.4. The van der Waals surface area contributed by atoms with Crippen LogP contribution in [0.2, 0.25) is 0 Å². The fourth-order valence-electron chi connectivity index (χ4n) is 4.47. The van der Waals surface area contributed by atoms with Gasteiger partial charge in [-0.05, 0) is 60.8 Å². The van der Waals surface area contributed by atoms with E-state index in [-0.39, 0.29) is 18.4 Å². The summed E-state index contributed by atoms with van der Waals surface area (Å²) in [6.45, 7) is 2.31. The molecule has 2 aromatic carbocycles. The van der Waals surface area contributed by atoms with Crippen molar-refractivity contribution < 1.29 is 26.7 Å². The molecule has 2 aromatic rings. The minimum Gasteiger partial charge on any atom is -0.489 e. The van der Waals surface area contributed by atoms with Gasteiger partial charge in [-0.25, -0.2) is 8.78 Å². The molecule has 6 heteroatoms. The van der Waals surface area contributed by atoms with Crippen molar-refractivity contribution in [2.24, 2.45) is 5.92 Å². The maximum absolute atomic E-state index is 14.0. The molecule has 184 valence electrons. The highest BCUT2D eigenvalue weighted by molar-refractivity contribution is 5.53. The summed E-state index contributed by atoms with van der Waals surface area (Å²) in [5.41, 5.74) is 1.61. The molecule has 0 heterocycles. The van der Waals surface area contributed by atoms with Crippen molar-refractivity contribution in [3.63, 3.8) is 0 Å². The normalized spacial score (nSPS) is 19.2. The first kappa shape index (κ1) is 26.0. The summed E-state index contributed by atoms with van der Waals surface area (Å²) in [7, 11) is 0. The van der Waals surface area contributed by atoms with E-state index < -0.39 is 23.4 Å². The third kappa shape index (κ3) is 8.00. The van der Waals surface area contributed by atoms with Gasteiger partial charge in [0.15, 0.2) is 0 Å². The number of halogens is 5. The van der Waals surface area contributed by atoms with Crippen LogP contribution >= 0.6 is 0 Å². The van der Waals surface area contributed by atoms with Gasteiger partial charge in [-0.2, -0.15) is 13.2 Å². The molecule has 0 bridgehead atoms. The SMILES string of the molecule is CCCCC1CCC(c2ccc(/C=C/COc3cc(F)c(/C=C/C(F)(F)F)c(F)c3)cc2)CC1. The van der Waals surface area contributed by atoms with Crippen LogP contribution in [0.15, 0.2) is 48.6 Å². The molecule has 0 aliphatic heterocycles. The third-order valence-electron chi connectivity index (χ3n) is 6.37. The highest BCUT2D eigenvalue weighted by atomic mass is 19.4.